The van der Waals surface area contributed by atoms with E-state index in [9.17, 15) is 9.59 Å². The fraction of sp³-hybridized carbons (Fsp3) is 0.778. The maximum Gasteiger partial charge on any atom is 0.246 e. The summed E-state index contributed by atoms with van der Waals surface area (Å²) in [5.41, 5.74) is 5.66. The number of hydrogen-bond donors (Lipinski definition) is 1. The molecule has 0 radical (unpaired) electrons. The van der Waals surface area contributed by atoms with E-state index in [1.165, 1.54) is 4.90 Å². The summed E-state index contributed by atoms with van der Waals surface area (Å²) < 4.78 is 0. The molecular weight excluding hydrogens is 168 g/mol. The third-order valence-corrected chi connectivity index (χ3v) is 2.34. The minimum absolute atomic E-state index is 0.0823. The Hall–Kier alpha value is -0.900. The summed E-state index contributed by atoms with van der Waals surface area (Å²) in [5, 5.41) is 0. The van der Waals surface area contributed by atoms with Gasteiger partial charge in [-0.15, -0.1) is 0 Å². The lowest BCUT2D eigenvalue weighted by Crippen LogP contribution is -2.46. The highest BCUT2D eigenvalue weighted by Crippen LogP contribution is 2.12. The van der Waals surface area contributed by atoms with Gasteiger partial charge in [-0.05, 0) is 12.3 Å². The lowest BCUT2D eigenvalue weighted by Gasteiger charge is -2.20. The van der Waals surface area contributed by atoms with E-state index in [4.69, 9.17) is 5.73 Å². The van der Waals surface area contributed by atoms with Crippen LogP contribution in [0.25, 0.3) is 0 Å². The van der Waals surface area contributed by atoms with Crippen LogP contribution in [0.3, 0.4) is 0 Å². The number of imide groups is 1. The van der Waals surface area contributed by atoms with Gasteiger partial charge in [0.2, 0.25) is 11.8 Å². The van der Waals surface area contributed by atoms with Crippen LogP contribution in [0, 0.1) is 5.92 Å². The van der Waals surface area contributed by atoms with E-state index in [0.717, 1.165) is 6.42 Å². The first kappa shape index (κ1) is 10.2. The van der Waals surface area contributed by atoms with E-state index in [0.29, 0.717) is 13.0 Å². The minimum atomic E-state index is -0.540. The molecule has 0 aromatic heterocycles. The standard InChI is InChI=1S/C9H16N2O2/c1-6(2)8(10)9(13)11-5-3-4-7(11)12/h6,8H,3-5,10H2,1-2H3. The van der Waals surface area contributed by atoms with Gasteiger partial charge in [0.15, 0.2) is 0 Å². The molecule has 2 N–H and O–H groups in total. The van der Waals surface area contributed by atoms with Crippen LogP contribution in [-0.2, 0) is 9.59 Å². The predicted octanol–water partition coefficient (Wildman–Crippen LogP) is 0.119. The molecule has 1 unspecified atom stereocenters. The first-order valence-electron chi connectivity index (χ1n) is 4.64. The predicted molar refractivity (Wildman–Crippen MR) is 48.8 cm³/mol. The zero-order chi connectivity index (χ0) is 10.0. The molecular formula is C9H16N2O2. The van der Waals surface area contributed by atoms with Crippen molar-refractivity contribution in [2.24, 2.45) is 11.7 Å². The molecule has 1 fully saturated rings. The lowest BCUT2D eigenvalue weighted by atomic mass is 10.0. The number of amides is 2. The molecule has 1 rings (SSSR count). The van der Waals surface area contributed by atoms with Crippen LogP contribution in [0.1, 0.15) is 26.7 Å². The van der Waals surface area contributed by atoms with Crippen LogP contribution in [-0.4, -0.2) is 29.3 Å². The molecule has 0 bridgehead atoms. The molecule has 0 aromatic carbocycles. The molecule has 0 spiro atoms. The van der Waals surface area contributed by atoms with Gasteiger partial charge in [0.1, 0.15) is 0 Å². The molecule has 4 nitrogen and oxygen atoms in total. The van der Waals surface area contributed by atoms with Crippen LogP contribution in [0.4, 0.5) is 0 Å². The van der Waals surface area contributed by atoms with E-state index in [-0.39, 0.29) is 17.7 Å². The van der Waals surface area contributed by atoms with Crippen molar-refractivity contribution in [3.05, 3.63) is 0 Å². The Morgan fingerprint density at radius 1 is 1.54 bits per heavy atom. The van der Waals surface area contributed by atoms with Gasteiger partial charge in [0, 0.05) is 13.0 Å². The lowest BCUT2D eigenvalue weighted by molar-refractivity contribution is -0.143. The Morgan fingerprint density at radius 2 is 2.15 bits per heavy atom. The molecule has 1 aliphatic heterocycles. The van der Waals surface area contributed by atoms with Gasteiger partial charge >= 0.3 is 0 Å². The number of hydrogen-bond acceptors (Lipinski definition) is 3. The SMILES string of the molecule is CC(C)C(N)C(=O)N1CCCC1=O. The fourth-order valence-electron chi connectivity index (χ4n) is 1.35. The maximum absolute atomic E-state index is 11.6. The van der Waals surface area contributed by atoms with Gasteiger partial charge in [-0.2, -0.15) is 0 Å². The number of nitrogens with zero attached hydrogens (tertiary/aromatic N) is 1. The summed E-state index contributed by atoms with van der Waals surface area (Å²) in [6.07, 6.45) is 1.26. The molecule has 2 amide bonds. The quantitative estimate of drug-likeness (QED) is 0.663. The van der Waals surface area contributed by atoms with Crippen molar-refractivity contribution < 1.29 is 9.59 Å². The van der Waals surface area contributed by atoms with Gasteiger partial charge in [-0.25, -0.2) is 0 Å². The molecule has 1 aliphatic rings. The minimum Gasteiger partial charge on any atom is -0.320 e. The van der Waals surface area contributed by atoms with Crippen molar-refractivity contribution in [1.82, 2.24) is 4.90 Å². The summed E-state index contributed by atoms with van der Waals surface area (Å²) in [7, 11) is 0. The Kier molecular flexibility index (Phi) is 3.03. The molecule has 1 saturated heterocycles. The average molecular weight is 184 g/mol. The van der Waals surface area contributed by atoms with Crippen LogP contribution < -0.4 is 5.73 Å². The monoisotopic (exact) mass is 184 g/mol. The highest BCUT2D eigenvalue weighted by Gasteiger charge is 2.31. The summed E-state index contributed by atoms with van der Waals surface area (Å²) in [5.74, 6) is -0.223. The molecule has 0 aliphatic carbocycles. The topological polar surface area (TPSA) is 63.4 Å². The second-order valence-electron chi connectivity index (χ2n) is 3.76. The summed E-state index contributed by atoms with van der Waals surface area (Å²) in [6, 6.07) is -0.540. The molecule has 0 aromatic rings. The van der Waals surface area contributed by atoms with Crippen molar-refractivity contribution in [2.75, 3.05) is 6.54 Å². The van der Waals surface area contributed by atoms with E-state index in [2.05, 4.69) is 0 Å². The van der Waals surface area contributed by atoms with Gasteiger partial charge in [0.25, 0.3) is 0 Å². The summed E-state index contributed by atoms with van der Waals surface area (Å²) in [6.45, 7) is 4.30. The second kappa shape index (κ2) is 3.87. The molecule has 0 saturated carbocycles. The van der Waals surface area contributed by atoms with E-state index in [1.807, 2.05) is 13.8 Å². The number of carbonyl (C=O) groups is 2. The van der Waals surface area contributed by atoms with Crippen LogP contribution in [0.15, 0.2) is 0 Å². The number of rotatable bonds is 2. The van der Waals surface area contributed by atoms with E-state index in [1.54, 1.807) is 0 Å². The Labute approximate surface area is 78.1 Å². The smallest absolute Gasteiger partial charge is 0.246 e. The van der Waals surface area contributed by atoms with Crippen molar-refractivity contribution >= 4 is 11.8 Å². The van der Waals surface area contributed by atoms with Crippen molar-refractivity contribution in [3.63, 3.8) is 0 Å². The van der Waals surface area contributed by atoms with Crippen LogP contribution >= 0.6 is 0 Å². The average Bonchev–Trinajstić information content (AvgIpc) is 2.48. The molecule has 13 heavy (non-hydrogen) atoms. The zero-order valence-corrected chi connectivity index (χ0v) is 8.12. The second-order valence-corrected chi connectivity index (χ2v) is 3.76. The maximum atomic E-state index is 11.6. The van der Waals surface area contributed by atoms with Gasteiger partial charge < -0.3 is 5.73 Å². The highest BCUT2D eigenvalue weighted by molar-refractivity contribution is 5.99. The van der Waals surface area contributed by atoms with Crippen LogP contribution in [0.5, 0.6) is 0 Å². The normalized spacial score (nSPS) is 19.7. The van der Waals surface area contributed by atoms with E-state index >= 15 is 0 Å². The first-order valence-corrected chi connectivity index (χ1v) is 4.64. The number of likely N-dealkylation sites (tertiary alicyclic amines) is 1. The molecule has 74 valence electrons. The number of nitrogens with two attached hydrogens (primary N) is 1. The third kappa shape index (κ3) is 2.06. The molecule has 4 heteroatoms. The van der Waals surface area contributed by atoms with Gasteiger partial charge in [0.05, 0.1) is 6.04 Å². The van der Waals surface area contributed by atoms with Gasteiger partial charge in [-0.3, -0.25) is 14.5 Å². The van der Waals surface area contributed by atoms with Crippen molar-refractivity contribution in [1.29, 1.82) is 0 Å². The fourth-order valence-corrected chi connectivity index (χ4v) is 1.35. The Balaban J connectivity index is 2.61. The first-order chi connectivity index (χ1) is 6.04. The zero-order valence-electron chi connectivity index (χ0n) is 8.12. The van der Waals surface area contributed by atoms with E-state index < -0.39 is 6.04 Å². The Bertz CT molecular complexity index is 226. The van der Waals surface area contributed by atoms with Crippen molar-refractivity contribution in [3.8, 4) is 0 Å². The summed E-state index contributed by atoms with van der Waals surface area (Å²) >= 11 is 0. The molecule has 1 heterocycles. The number of carbonyl (C=O) groups excluding carboxylic acids is 2. The highest BCUT2D eigenvalue weighted by atomic mass is 16.2. The van der Waals surface area contributed by atoms with Crippen molar-refractivity contribution in [2.45, 2.75) is 32.7 Å². The largest absolute Gasteiger partial charge is 0.320 e. The van der Waals surface area contributed by atoms with Gasteiger partial charge in [-0.1, -0.05) is 13.8 Å². The third-order valence-electron chi connectivity index (χ3n) is 2.34. The van der Waals surface area contributed by atoms with Crippen LogP contribution in [0.2, 0.25) is 0 Å². The molecule has 1 atom stereocenters. The summed E-state index contributed by atoms with van der Waals surface area (Å²) in [4.78, 5) is 24.1. The Morgan fingerprint density at radius 3 is 2.54 bits per heavy atom.